The van der Waals surface area contributed by atoms with Gasteiger partial charge in [0.05, 0.1) is 0 Å². The summed E-state index contributed by atoms with van der Waals surface area (Å²) in [5.74, 6) is 1.09. The second-order valence-electron chi connectivity index (χ2n) is 5.64. The summed E-state index contributed by atoms with van der Waals surface area (Å²) in [6, 6.07) is 0. The van der Waals surface area contributed by atoms with Crippen LogP contribution in [0.3, 0.4) is 0 Å². The van der Waals surface area contributed by atoms with Crippen molar-refractivity contribution in [3.8, 4) is 0 Å². The van der Waals surface area contributed by atoms with E-state index in [0.717, 1.165) is 11.3 Å². The molecule has 1 heteroatoms. The monoisotopic (exact) mass is 179 g/mol. The predicted molar refractivity (Wildman–Crippen MR) is 54.7 cm³/mol. The Hall–Kier alpha value is -0.0400. The van der Waals surface area contributed by atoms with Crippen molar-refractivity contribution in [2.45, 2.75) is 44.9 Å². The van der Waals surface area contributed by atoms with E-state index in [1.165, 1.54) is 64.6 Å². The summed E-state index contributed by atoms with van der Waals surface area (Å²) in [7, 11) is 0. The molecule has 0 radical (unpaired) electrons. The Kier molecular flexibility index (Phi) is 1.90. The van der Waals surface area contributed by atoms with Gasteiger partial charge >= 0.3 is 0 Å². The minimum absolute atomic E-state index is 0.813. The number of piperidine rings is 1. The molecule has 2 aliphatic carbocycles. The van der Waals surface area contributed by atoms with E-state index in [2.05, 4.69) is 4.90 Å². The summed E-state index contributed by atoms with van der Waals surface area (Å²) < 4.78 is 0. The first-order valence-corrected chi connectivity index (χ1v) is 6.09. The van der Waals surface area contributed by atoms with Gasteiger partial charge in [0, 0.05) is 13.1 Å². The minimum Gasteiger partial charge on any atom is -0.303 e. The molecule has 0 unspecified atom stereocenters. The summed E-state index contributed by atoms with van der Waals surface area (Å²) in [6.45, 7) is 4.28. The lowest BCUT2D eigenvalue weighted by Gasteiger charge is -2.49. The van der Waals surface area contributed by atoms with E-state index in [1.807, 2.05) is 0 Å². The molecule has 0 aromatic carbocycles. The number of likely N-dealkylation sites (tertiary alicyclic amines) is 1. The molecule has 0 amide bonds. The first kappa shape index (κ1) is 8.28. The van der Waals surface area contributed by atoms with Crippen LogP contribution >= 0.6 is 0 Å². The molecule has 3 rings (SSSR count). The standard InChI is InChI=1S/C12H21N/c1-5-12(6-1)7-2-8-13(10-12)9-11-3-4-11/h11H,1-10H2. The van der Waals surface area contributed by atoms with Gasteiger partial charge in [0.25, 0.3) is 0 Å². The summed E-state index contributed by atoms with van der Waals surface area (Å²) in [4.78, 5) is 2.76. The van der Waals surface area contributed by atoms with Crippen molar-refractivity contribution in [1.29, 1.82) is 0 Å². The van der Waals surface area contributed by atoms with Gasteiger partial charge in [-0.15, -0.1) is 0 Å². The maximum atomic E-state index is 2.76. The highest BCUT2D eigenvalue weighted by Crippen LogP contribution is 2.47. The van der Waals surface area contributed by atoms with Gasteiger partial charge in [0.2, 0.25) is 0 Å². The van der Waals surface area contributed by atoms with Gasteiger partial charge in [0.15, 0.2) is 0 Å². The molecule has 0 N–H and O–H groups in total. The molecule has 3 fully saturated rings. The van der Waals surface area contributed by atoms with Crippen molar-refractivity contribution < 1.29 is 0 Å². The molecule has 0 bridgehead atoms. The van der Waals surface area contributed by atoms with Crippen LogP contribution in [0.15, 0.2) is 0 Å². The zero-order valence-corrected chi connectivity index (χ0v) is 8.60. The van der Waals surface area contributed by atoms with E-state index in [4.69, 9.17) is 0 Å². The lowest BCUT2D eigenvalue weighted by Crippen LogP contribution is -2.47. The Labute approximate surface area is 81.5 Å². The number of hydrogen-bond donors (Lipinski definition) is 0. The van der Waals surface area contributed by atoms with Crippen LogP contribution in [-0.2, 0) is 0 Å². The number of hydrogen-bond acceptors (Lipinski definition) is 1. The molecular weight excluding hydrogens is 158 g/mol. The average Bonchev–Trinajstić information content (AvgIpc) is 2.86. The quantitative estimate of drug-likeness (QED) is 0.630. The lowest BCUT2D eigenvalue weighted by molar-refractivity contribution is 0.0184. The molecule has 0 aromatic rings. The first-order chi connectivity index (χ1) is 6.36. The Morgan fingerprint density at radius 3 is 2.46 bits per heavy atom. The molecule has 0 atom stereocenters. The molecular formula is C12H21N. The van der Waals surface area contributed by atoms with Crippen LogP contribution in [0, 0.1) is 11.3 Å². The lowest BCUT2D eigenvalue weighted by atomic mass is 9.64. The van der Waals surface area contributed by atoms with Crippen LogP contribution in [0.2, 0.25) is 0 Å². The van der Waals surface area contributed by atoms with E-state index in [0.29, 0.717) is 0 Å². The average molecular weight is 179 g/mol. The normalized spacial score (nSPS) is 33.2. The van der Waals surface area contributed by atoms with Crippen molar-refractivity contribution >= 4 is 0 Å². The van der Waals surface area contributed by atoms with Gasteiger partial charge in [-0.2, -0.15) is 0 Å². The van der Waals surface area contributed by atoms with E-state index in [1.54, 1.807) is 0 Å². The van der Waals surface area contributed by atoms with Gasteiger partial charge in [-0.25, -0.2) is 0 Å². The van der Waals surface area contributed by atoms with Gasteiger partial charge in [-0.3, -0.25) is 0 Å². The Morgan fingerprint density at radius 2 is 1.85 bits per heavy atom. The molecule has 74 valence electrons. The maximum Gasteiger partial charge on any atom is 0.00381 e. The van der Waals surface area contributed by atoms with Crippen LogP contribution in [-0.4, -0.2) is 24.5 Å². The van der Waals surface area contributed by atoms with Crippen molar-refractivity contribution in [2.24, 2.45) is 11.3 Å². The minimum atomic E-state index is 0.813. The smallest absolute Gasteiger partial charge is 0.00381 e. The van der Waals surface area contributed by atoms with Crippen LogP contribution in [0.5, 0.6) is 0 Å². The van der Waals surface area contributed by atoms with Gasteiger partial charge in [0.1, 0.15) is 0 Å². The molecule has 2 saturated carbocycles. The zero-order valence-electron chi connectivity index (χ0n) is 8.60. The van der Waals surface area contributed by atoms with Crippen LogP contribution in [0.1, 0.15) is 44.9 Å². The molecule has 13 heavy (non-hydrogen) atoms. The summed E-state index contributed by atoms with van der Waals surface area (Å²) in [5, 5.41) is 0. The van der Waals surface area contributed by atoms with E-state index < -0.39 is 0 Å². The zero-order chi connectivity index (χ0) is 8.73. The fourth-order valence-corrected chi connectivity index (χ4v) is 3.22. The number of nitrogens with zero attached hydrogens (tertiary/aromatic N) is 1. The third-order valence-electron chi connectivity index (χ3n) is 4.37. The molecule has 1 spiro atoms. The largest absolute Gasteiger partial charge is 0.303 e. The SMILES string of the molecule is C1CN(CC2CC2)CC2(C1)CCC2. The molecule has 1 nitrogen and oxygen atoms in total. The molecule has 1 saturated heterocycles. The van der Waals surface area contributed by atoms with E-state index >= 15 is 0 Å². The predicted octanol–water partition coefficient (Wildman–Crippen LogP) is 2.66. The summed E-state index contributed by atoms with van der Waals surface area (Å²) in [5.41, 5.74) is 0.813. The Morgan fingerprint density at radius 1 is 1.08 bits per heavy atom. The van der Waals surface area contributed by atoms with E-state index in [9.17, 15) is 0 Å². The number of rotatable bonds is 2. The highest BCUT2D eigenvalue weighted by Gasteiger charge is 2.41. The van der Waals surface area contributed by atoms with Crippen LogP contribution in [0.4, 0.5) is 0 Å². The van der Waals surface area contributed by atoms with Crippen molar-refractivity contribution in [1.82, 2.24) is 4.90 Å². The second kappa shape index (κ2) is 2.98. The Bertz CT molecular complexity index is 191. The first-order valence-electron chi connectivity index (χ1n) is 6.09. The van der Waals surface area contributed by atoms with Gasteiger partial charge in [-0.1, -0.05) is 6.42 Å². The van der Waals surface area contributed by atoms with Crippen molar-refractivity contribution in [3.63, 3.8) is 0 Å². The molecule has 0 aromatic heterocycles. The van der Waals surface area contributed by atoms with Crippen LogP contribution in [0.25, 0.3) is 0 Å². The topological polar surface area (TPSA) is 3.24 Å². The van der Waals surface area contributed by atoms with Crippen molar-refractivity contribution in [3.05, 3.63) is 0 Å². The summed E-state index contributed by atoms with van der Waals surface area (Å²) >= 11 is 0. The Balaban J connectivity index is 1.56. The van der Waals surface area contributed by atoms with Crippen molar-refractivity contribution in [2.75, 3.05) is 19.6 Å². The fraction of sp³-hybridized carbons (Fsp3) is 1.00. The molecule has 3 aliphatic rings. The third-order valence-corrected chi connectivity index (χ3v) is 4.37. The molecule has 1 aliphatic heterocycles. The van der Waals surface area contributed by atoms with E-state index in [-0.39, 0.29) is 0 Å². The maximum absolute atomic E-state index is 2.76. The van der Waals surface area contributed by atoms with Gasteiger partial charge in [-0.05, 0) is 56.4 Å². The summed E-state index contributed by atoms with van der Waals surface area (Å²) in [6.07, 6.45) is 10.6. The van der Waals surface area contributed by atoms with Gasteiger partial charge < -0.3 is 4.90 Å². The third kappa shape index (κ3) is 1.63. The fourth-order valence-electron chi connectivity index (χ4n) is 3.22. The molecule has 1 heterocycles. The van der Waals surface area contributed by atoms with Crippen LogP contribution < -0.4 is 0 Å². The second-order valence-corrected chi connectivity index (χ2v) is 5.64. The highest BCUT2D eigenvalue weighted by atomic mass is 15.1. The highest BCUT2D eigenvalue weighted by molar-refractivity contribution is 4.94.